The van der Waals surface area contributed by atoms with Crippen LogP contribution in [0.5, 0.6) is 5.75 Å². The highest BCUT2D eigenvalue weighted by molar-refractivity contribution is 6.17. The van der Waals surface area contributed by atoms with Gasteiger partial charge in [0, 0.05) is 52.2 Å². The first kappa shape index (κ1) is 21.7. The zero-order chi connectivity index (χ0) is 22.8. The number of fused-ring (bicyclic) bond motifs is 1. The van der Waals surface area contributed by atoms with Crippen LogP contribution in [0.3, 0.4) is 0 Å². The third-order valence-corrected chi connectivity index (χ3v) is 5.67. The molecule has 0 saturated heterocycles. The van der Waals surface area contributed by atoms with E-state index in [1.807, 2.05) is 98.7 Å². The summed E-state index contributed by atoms with van der Waals surface area (Å²) in [5.74, 6) is 0.459. The highest BCUT2D eigenvalue weighted by atomic mass is 16.7. The molecule has 0 amide bonds. The van der Waals surface area contributed by atoms with Gasteiger partial charge in [0.05, 0.1) is 11.1 Å². The summed E-state index contributed by atoms with van der Waals surface area (Å²) >= 11 is 0. The third-order valence-electron chi connectivity index (χ3n) is 5.67. The summed E-state index contributed by atoms with van der Waals surface area (Å²) < 4.78 is 11.8. The van der Waals surface area contributed by atoms with Crippen molar-refractivity contribution < 1.29 is 14.3 Å². The largest absolute Gasteiger partial charge is 0.460 e. The van der Waals surface area contributed by atoms with E-state index in [0.29, 0.717) is 16.9 Å². The summed E-state index contributed by atoms with van der Waals surface area (Å²) in [7, 11) is 9.58. The fraction of sp³-hybridized carbons (Fsp3) is 0.222. The SMILES string of the molecule is COC1Oc2ccccc2C(=O)C1=C(c1ccc(N(C)C)cc1)c1ccc(N(C)C)cc1. The van der Waals surface area contributed by atoms with Gasteiger partial charge < -0.3 is 19.3 Å². The Balaban J connectivity index is 1.95. The van der Waals surface area contributed by atoms with Crippen LogP contribution in [0.4, 0.5) is 11.4 Å². The summed E-state index contributed by atoms with van der Waals surface area (Å²) in [6, 6.07) is 23.7. The van der Waals surface area contributed by atoms with Crippen molar-refractivity contribution in [2.24, 2.45) is 0 Å². The highest BCUT2D eigenvalue weighted by Gasteiger charge is 2.35. The number of para-hydroxylation sites is 1. The van der Waals surface area contributed by atoms with Crippen LogP contribution in [0.15, 0.2) is 78.4 Å². The number of methoxy groups -OCH3 is 1. The Morgan fingerprint density at radius 1 is 0.781 bits per heavy atom. The fourth-order valence-electron chi connectivity index (χ4n) is 3.91. The maximum atomic E-state index is 13.7. The molecule has 5 heteroatoms. The maximum absolute atomic E-state index is 13.7. The Labute approximate surface area is 189 Å². The second-order valence-corrected chi connectivity index (χ2v) is 8.18. The number of benzene rings is 3. The van der Waals surface area contributed by atoms with Crippen LogP contribution in [0, 0.1) is 0 Å². The molecule has 0 bridgehead atoms. The first-order valence-electron chi connectivity index (χ1n) is 10.5. The van der Waals surface area contributed by atoms with E-state index in [4.69, 9.17) is 9.47 Å². The number of hydrogen-bond acceptors (Lipinski definition) is 5. The minimum Gasteiger partial charge on any atom is -0.460 e. The molecule has 0 aliphatic carbocycles. The molecule has 164 valence electrons. The molecule has 4 rings (SSSR count). The number of Topliss-reactive ketones (excluding diaryl/α,β-unsaturated/α-hetero) is 1. The summed E-state index contributed by atoms with van der Waals surface area (Å²) in [6.07, 6.45) is -0.797. The van der Waals surface area contributed by atoms with Crippen LogP contribution >= 0.6 is 0 Å². The van der Waals surface area contributed by atoms with E-state index in [0.717, 1.165) is 28.1 Å². The summed E-state index contributed by atoms with van der Waals surface area (Å²) in [5.41, 5.74) is 5.89. The average Bonchev–Trinajstić information content (AvgIpc) is 2.81. The molecule has 0 spiro atoms. The molecule has 5 nitrogen and oxygen atoms in total. The van der Waals surface area contributed by atoms with Crippen LogP contribution in [0.25, 0.3) is 5.57 Å². The average molecular weight is 429 g/mol. The van der Waals surface area contributed by atoms with Crippen molar-refractivity contribution in [3.63, 3.8) is 0 Å². The van der Waals surface area contributed by atoms with Gasteiger partial charge >= 0.3 is 0 Å². The van der Waals surface area contributed by atoms with E-state index in [-0.39, 0.29) is 5.78 Å². The van der Waals surface area contributed by atoms with E-state index >= 15 is 0 Å². The van der Waals surface area contributed by atoms with Gasteiger partial charge in [0.1, 0.15) is 5.75 Å². The van der Waals surface area contributed by atoms with E-state index < -0.39 is 6.29 Å². The van der Waals surface area contributed by atoms with Crippen molar-refractivity contribution in [1.82, 2.24) is 0 Å². The molecular formula is C27H28N2O3. The number of hydrogen-bond donors (Lipinski definition) is 0. The maximum Gasteiger partial charge on any atom is 0.230 e. The van der Waals surface area contributed by atoms with Gasteiger partial charge in [-0.25, -0.2) is 0 Å². The lowest BCUT2D eigenvalue weighted by molar-refractivity contribution is -0.0277. The smallest absolute Gasteiger partial charge is 0.230 e. The Kier molecular flexibility index (Phi) is 6.01. The van der Waals surface area contributed by atoms with Gasteiger partial charge in [0.15, 0.2) is 5.78 Å². The number of anilines is 2. The molecule has 0 saturated carbocycles. The number of nitrogens with zero attached hydrogens (tertiary/aromatic N) is 2. The molecule has 0 aromatic heterocycles. The van der Waals surface area contributed by atoms with Gasteiger partial charge in [-0.1, -0.05) is 36.4 Å². The predicted octanol–water partition coefficient (Wildman–Crippen LogP) is 4.87. The fourth-order valence-corrected chi connectivity index (χ4v) is 3.91. The molecule has 0 radical (unpaired) electrons. The quantitative estimate of drug-likeness (QED) is 0.543. The second kappa shape index (κ2) is 8.89. The molecule has 1 heterocycles. The molecule has 3 aromatic rings. The van der Waals surface area contributed by atoms with E-state index in [9.17, 15) is 4.79 Å². The van der Waals surface area contributed by atoms with Crippen LogP contribution in [-0.2, 0) is 4.74 Å². The first-order valence-corrected chi connectivity index (χ1v) is 10.5. The minimum atomic E-state index is -0.797. The number of ether oxygens (including phenoxy) is 2. The topological polar surface area (TPSA) is 42.0 Å². The normalized spacial score (nSPS) is 15.1. The molecule has 1 aliphatic heterocycles. The summed E-state index contributed by atoms with van der Waals surface area (Å²) in [4.78, 5) is 17.8. The minimum absolute atomic E-state index is 0.0814. The van der Waals surface area contributed by atoms with Crippen molar-refractivity contribution in [3.05, 3.63) is 95.1 Å². The van der Waals surface area contributed by atoms with Crippen molar-refractivity contribution >= 4 is 22.7 Å². The molecule has 1 unspecified atom stereocenters. The van der Waals surface area contributed by atoms with Crippen LogP contribution in [0.2, 0.25) is 0 Å². The van der Waals surface area contributed by atoms with E-state index in [2.05, 4.69) is 0 Å². The van der Waals surface area contributed by atoms with Gasteiger partial charge in [0.25, 0.3) is 0 Å². The van der Waals surface area contributed by atoms with Crippen molar-refractivity contribution in [3.8, 4) is 5.75 Å². The summed E-state index contributed by atoms with van der Waals surface area (Å²) in [6.45, 7) is 0. The van der Waals surface area contributed by atoms with Gasteiger partial charge in [-0.15, -0.1) is 0 Å². The Morgan fingerprint density at radius 3 is 1.75 bits per heavy atom. The zero-order valence-corrected chi connectivity index (χ0v) is 19.1. The van der Waals surface area contributed by atoms with Crippen molar-refractivity contribution in [2.75, 3.05) is 45.1 Å². The van der Waals surface area contributed by atoms with Crippen molar-refractivity contribution in [2.45, 2.75) is 6.29 Å². The van der Waals surface area contributed by atoms with Crippen LogP contribution in [-0.4, -0.2) is 47.4 Å². The van der Waals surface area contributed by atoms with Gasteiger partial charge in [-0.2, -0.15) is 0 Å². The highest BCUT2D eigenvalue weighted by Crippen LogP contribution is 2.38. The summed E-state index contributed by atoms with van der Waals surface area (Å²) in [5, 5.41) is 0. The lowest BCUT2D eigenvalue weighted by atomic mass is 9.87. The van der Waals surface area contributed by atoms with Crippen molar-refractivity contribution in [1.29, 1.82) is 0 Å². The molecule has 1 atom stereocenters. The van der Waals surface area contributed by atoms with Crippen LogP contribution < -0.4 is 14.5 Å². The lowest BCUT2D eigenvalue weighted by Gasteiger charge is -2.29. The predicted molar refractivity (Wildman–Crippen MR) is 130 cm³/mol. The van der Waals surface area contributed by atoms with Gasteiger partial charge in [-0.3, -0.25) is 4.79 Å². The number of carbonyl (C=O) groups is 1. The molecule has 0 fully saturated rings. The molecule has 1 aliphatic rings. The third kappa shape index (κ3) is 3.99. The Hall–Kier alpha value is -3.57. The Bertz CT molecular complexity index is 1090. The zero-order valence-electron chi connectivity index (χ0n) is 19.1. The number of rotatable bonds is 5. The number of carbonyl (C=O) groups excluding carboxylic acids is 1. The van der Waals surface area contributed by atoms with E-state index in [1.165, 1.54) is 0 Å². The Morgan fingerprint density at radius 2 is 1.28 bits per heavy atom. The first-order chi connectivity index (χ1) is 15.4. The second-order valence-electron chi connectivity index (χ2n) is 8.18. The standard InChI is InChI=1S/C27H28N2O3/c1-28(2)20-14-10-18(11-15-20)24(19-12-16-21(17-13-19)29(3)4)25-26(30)22-8-6-7-9-23(22)32-27(25)31-5/h6-17,27H,1-5H3. The lowest BCUT2D eigenvalue weighted by Crippen LogP contribution is -2.32. The van der Waals surface area contributed by atoms with E-state index in [1.54, 1.807) is 19.2 Å². The molecular weight excluding hydrogens is 400 g/mol. The van der Waals surface area contributed by atoms with Crippen LogP contribution in [0.1, 0.15) is 21.5 Å². The molecule has 32 heavy (non-hydrogen) atoms. The molecule has 3 aromatic carbocycles. The monoisotopic (exact) mass is 428 g/mol. The molecule has 0 N–H and O–H groups in total. The van der Waals surface area contributed by atoms with Gasteiger partial charge in [-0.05, 0) is 47.5 Å². The number of ketones is 1. The van der Waals surface area contributed by atoms with Gasteiger partial charge in [0.2, 0.25) is 6.29 Å².